The molecule has 0 bridgehead atoms. The maximum atomic E-state index is 13.1. The standard InChI is InChI=1S/C87H66N4/c1-86(2,3)66-41-47-79-72(53-66)73-54-67(87(4,5)6)42-48-80(73)91(79)85-81(60-33-21-11-22-34-60)83(89-75-43-37-62(56-25-13-7-14-26-56)49-68(75)69-50-63(38-44-76(69)89)57-27-15-8-16-28-57)74(55-88)84(82(85)61-35-23-12-24-36-61)90-77-45-39-64(58-29-17-9-18-30-58)51-70(77)71-52-65(40-46-78(71)90)59-31-19-10-20-32-59/h7-54H,1-6H3. The summed E-state index contributed by atoms with van der Waals surface area (Å²) in [7, 11) is 0. The number of nitriles is 1. The second-order valence-corrected chi connectivity index (χ2v) is 26.4. The Morgan fingerprint density at radius 3 is 0.725 bits per heavy atom. The molecule has 0 atom stereocenters. The fourth-order valence-electron chi connectivity index (χ4n) is 14.2. The van der Waals surface area contributed by atoms with Crippen molar-refractivity contribution in [1.29, 1.82) is 5.26 Å². The third-order valence-electron chi connectivity index (χ3n) is 18.8. The molecule has 434 valence electrons. The highest BCUT2D eigenvalue weighted by molar-refractivity contribution is 6.18. The lowest BCUT2D eigenvalue weighted by molar-refractivity contribution is 0.590. The van der Waals surface area contributed by atoms with Gasteiger partial charge in [-0.25, -0.2) is 0 Å². The zero-order valence-electron chi connectivity index (χ0n) is 52.0. The molecule has 0 N–H and O–H groups in total. The Labute approximate surface area is 531 Å². The summed E-state index contributed by atoms with van der Waals surface area (Å²) in [5, 5.41) is 19.8. The molecule has 3 aromatic heterocycles. The number of benzene rings is 13. The van der Waals surface area contributed by atoms with E-state index in [2.05, 4.69) is 352 Å². The minimum Gasteiger partial charge on any atom is -0.308 e. The molecule has 0 fully saturated rings. The van der Waals surface area contributed by atoms with E-state index in [-0.39, 0.29) is 10.8 Å². The van der Waals surface area contributed by atoms with Crippen LogP contribution in [-0.2, 0) is 10.8 Å². The summed E-state index contributed by atoms with van der Waals surface area (Å²) in [5.74, 6) is 0. The van der Waals surface area contributed by atoms with E-state index in [9.17, 15) is 5.26 Å². The predicted molar refractivity (Wildman–Crippen MR) is 384 cm³/mol. The number of aromatic nitrogens is 3. The van der Waals surface area contributed by atoms with Gasteiger partial charge in [-0.2, -0.15) is 5.26 Å². The van der Waals surface area contributed by atoms with Crippen LogP contribution in [0.15, 0.2) is 291 Å². The highest BCUT2D eigenvalue weighted by atomic mass is 15.1. The minimum absolute atomic E-state index is 0.127. The third-order valence-corrected chi connectivity index (χ3v) is 18.8. The number of hydrogen-bond acceptors (Lipinski definition) is 1. The van der Waals surface area contributed by atoms with Crippen LogP contribution in [0, 0.1) is 11.3 Å². The van der Waals surface area contributed by atoms with Crippen LogP contribution >= 0.6 is 0 Å². The second kappa shape index (κ2) is 21.5. The van der Waals surface area contributed by atoms with Crippen molar-refractivity contribution < 1.29 is 0 Å². The number of fused-ring (bicyclic) bond motifs is 9. The number of nitrogens with zero attached hydrogens (tertiary/aromatic N) is 4. The summed E-state index contributed by atoms with van der Waals surface area (Å²) in [6.07, 6.45) is 0. The molecular weight excluding hydrogens is 1100 g/mol. The van der Waals surface area contributed by atoms with Crippen molar-refractivity contribution in [2.24, 2.45) is 0 Å². The van der Waals surface area contributed by atoms with Crippen molar-refractivity contribution >= 4 is 65.4 Å². The fraction of sp³-hybridized carbons (Fsp3) is 0.0920. The summed E-state index contributed by atoms with van der Waals surface area (Å²) in [6, 6.07) is 110. The molecule has 0 aliphatic rings. The molecule has 16 aromatic rings. The van der Waals surface area contributed by atoms with Crippen LogP contribution in [-0.4, -0.2) is 13.7 Å². The summed E-state index contributed by atoms with van der Waals surface area (Å²) in [4.78, 5) is 0. The van der Waals surface area contributed by atoms with Crippen molar-refractivity contribution in [2.45, 2.75) is 52.4 Å². The summed E-state index contributed by atoms with van der Waals surface area (Å²) < 4.78 is 7.44. The van der Waals surface area contributed by atoms with Crippen molar-refractivity contribution in [3.8, 4) is 89.9 Å². The van der Waals surface area contributed by atoms with Crippen LogP contribution < -0.4 is 0 Å². The molecule has 0 radical (unpaired) electrons. The van der Waals surface area contributed by atoms with Gasteiger partial charge in [0.25, 0.3) is 0 Å². The van der Waals surface area contributed by atoms with E-state index >= 15 is 0 Å². The van der Waals surface area contributed by atoms with Gasteiger partial charge >= 0.3 is 0 Å². The molecule has 0 unspecified atom stereocenters. The molecule has 0 spiro atoms. The van der Waals surface area contributed by atoms with Crippen LogP contribution in [0.1, 0.15) is 58.2 Å². The van der Waals surface area contributed by atoms with Gasteiger partial charge in [0.1, 0.15) is 11.6 Å². The SMILES string of the molecule is CC(C)(C)c1ccc2c(c1)c1cc(C(C)(C)C)ccc1n2-c1c(-c2ccccc2)c(-n2c3ccc(-c4ccccc4)cc3c3cc(-c4ccccc4)ccc32)c(C#N)c(-n2c3ccc(-c4ccccc4)cc3c3cc(-c4ccccc4)ccc32)c1-c1ccccc1. The molecule has 0 amide bonds. The monoisotopic (exact) mass is 1170 g/mol. The smallest absolute Gasteiger partial charge is 0.104 e. The van der Waals surface area contributed by atoms with Crippen LogP contribution in [0.2, 0.25) is 0 Å². The normalized spacial score (nSPS) is 12.1. The van der Waals surface area contributed by atoms with E-state index in [1.807, 2.05) is 0 Å². The molecule has 4 nitrogen and oxygen atoms in total. The molecule has 4 heteroatoms. The van der Waals surface area contributed by atoms with Crippen molar-refractivity contribution in [2.75, 3.05) is 0 Å². The molecule has 13 aromatic carbocycles. The van der Waals surface area contributed by atoms with Gasteiger partial charge in [-0.1, -0.05) is 260 Å². The maximum absolute atomic E-state index is 13.1. The van der Waals surface area contributed by atoms with Crippen molar-refractivity contribution in [1.82, 2.24) is 13.7 Å². The summed E-state index contributed by atoms with van der Waals surface area (Å²) in [6.45, 7) is 13.8. The first kappa shape index (κ1) is 55.1. The zero-order valence-corrected chi connectivity index (χ0v) is 52.0. The van der Waals surface area contributed by atoms with E-state index in [4.69, 9.17) is 0 Å². The minimum atomic E-state index is -0.127. The van der Waals surface area contributed by atoms with Gasteiger partial charge in [-0.3, -0.25) is 0 Å². The molecular formula is C87H66N4. The average molecular weight is 1170 g/mol. The van der Waals surface area contributed by atoms with Gasteiger partial charge in [0.05, 0.1) is 50.2 Å². The van der Waals surface area contributed by atoms with Gasteiger partial charge in [0.15, 0.2) is 0 Å². The Kier molecular flexibility index (Phi) is 13.0. The lowest BCUT2D eigenvalue weighted by Gasteiger charge is -2.29. The topological polar surface area (TPSA) is 38.6 Å². The van der Waals surface area contributed by atoms with Gasteiger partial charge in [-0.05, 0) is 150 Å². The highest BCUT2D eigenvalue weighted by Gasteiger charge is 2.34. The molecule has 0 saturated carbocycles. The first-order valence-corrected chi connectivity index (χ1v) is 31.6. The van der Waals surface area contributed by atoms with Gasteiger partial charge < -0.3 is 13.7 Å². The Bertz CT molecular complexity index is 5030. The first-order chi connectivity index (χ1) is 44.4. The van der Waals surface area contributed by atoms with Crippen LogP contribution in [0.3, 0.4) is 0 Å². The number of rotatable bonds is 9. The maximum Gasteiger partial charge on any atom is 0.104 e. The molecule has 0 aliphatic carbocycles. The Morgan fingerprint density at radius 1 is 0.242 bits per heavy atom. The van der Waals surface area contributed by atoms with E-state index in [0.717, 1.165) is 138 Å². The Hall–Kier alpha value is -11.3. The van der Waals surface area contributed by atoms with Crippen LogP contribution in [0.25, 0.3) is 149 Å². The lowest BCUT2D eigenvalue weighted by Crippen LogP contribution is -2.14. The van der Waals surface area contributed by atoms with E-state index in [1.54, 1.807) is 0 Å². The van der Waals surface area contributed by atoms with Gasteiger partial charge in [-0.15, -0.1) is 0 Å². The second-order valence-electron chi connectivity index (χ2n) is 26.4. The van der Waals surface area contributed by atoms with Gasteiger partial charge in [0.2, 0.25) is 0 Å². The van der Waals surface area contributed by atoms with Crippen LogP contribution in [0.4, 0.5) is 0 Å². The molecule has 0 aliphatic heterocycles. The summed E-state index contributed by atoms with van der Waals surface area (Å²) in [5.41, 5.74) is 24.4. The van der Waals surface area contributed by atoms with Crippen molar-refractivity contribution in [3.05, 3.63) is 308 Å². The Balaban J connectivity index is 1.17. The molecule has 3 heterocycles. The number of hydrogen-bond donors (Lipinski definition) is 0. The van der Waals surface area contributed by atoms with E-state index in [0.29, 0.717) is 5.56 Å². The molecule has 16 rings (SSSR count). The largest absolute Gasteiger partial charge is 0.308 e. The van der Waals surface area contributed by atoms with Crippen LogP contribution in [0.5, 0.6) is 0 Å². The lowest BCUT2D eigenvalue weighted by atomic mass is 9.85. The predicted octanol–water partition coefficient (Wildman–Crippen LogP) is 23.4. The molecule has 91 heavy (non-hydrogen) atoms. The Morgan fingerprint density at radius 2 is 0.473 bits per heavy atom. The van der Waals surface area contributed by atoms with Crippen molar-refractivity contribution in [3.63, 3.8) is 0 Å². The van der Waals surface area contributed by atoms with E-state index in [1.165, 1.54) is 21.9 Å². The average Bonchev–Trinajstić information content (AvgIpc) is 1.64. The van der Waals surface area contributed by atoms with Gasteiger partial charge in [0, 0.05) is 43.4 Å². The zero-order chi connectivity index (χ0) is 61.7. The third kappa shape index (κ3) is 9.18. The molecule has 0 saturated heterocycles. The fourth-order valence-corrected chi connectivity index (χ4v) is 14.2. The highest BCUT2D eigenvalue weighted by Crippen LogP contribution is 2.53. The quantitative estimate of drug-likeness (QED) is 0.142. The summed E-state index contributed by atoms with van der Waals surface area (Å²) >= 11 is 0. The van der Waals surface area contributed by atoms with E-state index < -0.39 is 0 Å². The first-order valence-electron chi connectivity index (χ1n) is 31.6.